The van der Waals surface area contributed by atoms with E-state index in [4.69, 9.17) is 5.73 Å². The number of aliphatic imine (C=N–C) groups is 1. The molecule has 1 heterocycles. The van der Waals surface area contributed by atoms with Crippen molar-refractivity contribution in [1.29, 1.82) is 0 Å². The van der Waals surface area contributed by atoms with Gasteiger partial charge in [-0.2, -0.15) is 0 Å². The Morgan fingerprint density at radius 1 is 1.29 bits per heavy atom. The molecular weight excluding hydrogens is 475 g/mol. The number of rotatable bonds is 7. The summed E-state index contributed by atoms with van der Waals surface area (Å²) >= 11 is 3.19. The molecule has 0 aromatic heterocycles. The normalized spacial score (nSPS) is 26.2. The molecule has 2 aliphatic rings. The molecule has 1 atom stereocenters. The summed E-state index contributed by atoms with van der Waals surface area (Å²) in [6.07, 6.45) is 3.10. The van der Waals surface area contributed by atoms with Gasteiger partial charge in [-0.25, -0.2) is 0 Å². The van der Waals surface area contributed by atoms with E-state index < -0.39 is 12.1 Å². The third kappa shape index (κ3) is 6.60. The van der Waals surface area contributed by atoms with Gasteiger partial charge in [-0.1, -0.05) is 22.0 Å². The molecule has 0 spiro atoms. The van der Waals surface area contributed by atoms with Crippen molar-refractivity contribution >= 4 is 22.1 Å². The lowest BCUT2D eigenvalue weighted by Gasteiger charge is -2.42. The summed E-state index contributed by atoms with van der Waals surface area (Å²) < 4.78 is 42.7. The van der Waals surface area contributed by atoms with E-state index in [0.29, 0.717) is 29.0 Å². The first-order valence-electron chi connectivity index (χ1n) is 10.3. The van der Waals surface area contributed by atoms with Crippen LogP contribution >= 0.6 is 15.9 Å². The van der Waals surface area contributed by atoms with Gasteiger partial charge in [0.2, 0.25) is 0 Å². The number of allylic oxidation sites excluding steroid dienone is 1. The lowest BCUT2D eigenvalue weighted by molar-refractivity contribution is -0.274. The van der Waals surface area contributed by atoms with Gasteiger partial charge in [0.25, 0.3) is 0 Å². The van der Waals surface area contributed by atoms with Gasteiger partial charge in [0.05, 0.1) is 0 Å². The summed E-state index contributed by atoms with van der Waals surface area (Å²) in [4.78, 5) is 6.47. The van der Waals surface area contributed by atoms with E-state index >= 15 is 0 Å². The zero-order chi connectivity index (χ0) is 22.6. The highest BCUT2D eigenvalue weighted by Crippen LogP contribution is 2.33. The average Bonchev–Trinajstić information content (AvgIpc) is 2.69. The smallest absolute Gasteiger partial charge is 0.405 e. The van der Waals surface area contributed by atoms with Crippen LogP contribution in [0.5, 0.6) is 5.75 Å². The lowest BCUT2D eigenvalue weighted by Crippen LogP contribution is -2.60. The maximum atomic E-state index is 12.7. The molecule has 1 fully saturated rings. The van der Waals surface area contributed by atoms with Crippen molar-refractivity contribution in [2.45, 2.75) is 50.3 Å². The summed E-state index contributed by atoms with van der Waals surface area (Å²) in [5.41, 5.74) is 7.08. The van der Waals surface area contributed by atoms with E-state index in [1.165, 1.54) is 6.07 Å². The Bertz CT molecular complexity index is 822. The number of nitrogens with zero attached hydrogens (tertiary/aromatic N) is 2. The van der Waals surface area contributed by atoms with Crippen LogP contribution in [0.25, 0.3) is 0 Å². The number of halogens is 4. The minimum absolute atomic E-state index is 0.163. The first-order chi connectivity index (χ1) is 14.6. The highest BCUT2D eigenvalue weighted by Gasteiger charge is 2.38. The van der Waals surface area contributed by atoms with Crippen LogP contribution in [0, 0.1) is 5.92 Å². The molecule has 6 nitrogen and oxygen atoms in total. The number of nitrogens with two attached hydrogens (primary N) is 1. The first-order valence-corrected chi connectivity index (χ1v) is 11.1. The fourth-order valence-electron chi connectivity index (χ4n) is 4.08. The van der Waals surface area contributed by atoms with Gasteiger partial charge in [0.15, 0.2) is 5.79 Å². The molecule has 0 saturated heterocycles. The van der Waals surface area contributed by atoms with Gasteiger partial charge in [-0.3, -0.25) is 10.7 Å². The molecule has 172 valence electrons. The molecule has 1 aliphatic heterocycles. The van der Waals surface area contributed by atoms with Crippen LogP contribution in [0.4, 0.5) is 13.2 Å². The van der Waals surface area contributed by atoms with Crippen LogP contribution in [-0.4, -0.2) is 49.9 Å². The Labute approximate surface area is 189 Å². The molecule has 31 heavy (non-hydrogen) atoms. The summed E-state index contributed by atoms with van der Waals surface area (Å²) in [5, 5.41) is 6.81. The third-order valence-corrected chi connectivity index (χ3v) is 6.26. The molecule has 10 heteroatoms. The molecule has 0 radical (unpaired) electrons. The second kappa shape index (κ2) is 9.79. The molecule has 1 unspecified atom stereocenters. The monoisotopic (exact) mass is 503 g/mol. The summed E-state index contributed by atoms with van der Waals surface area (Å²) in [6, 6.07) is 5.03. The quantitative estimate of drug-likeness (QED) is 0.528. The molecule has 0 bridgehead atoms. The number of benzene rings is 1. The number of alkyl halides is 3. The molecule has 0 amide bonds. The van der Waals surface area contributed by atoms with E-state index in [9.17, 15) is 13.2 Å². The second-order valence-electron chi connectivity index (χ2n) is 8.23. The minimum atomic E-state index is -4.71. The predicted octanol–water partition coefficient (Wildman–Crippen LogP) is 3.73. The minimum Gasteiger partial charge on any atom is -0.405 e. The van der Waals surface area contributed by atoms with E-state index in [2.05, 4.69) is 36.3 Å². The molecular formula is C21H29BrF3N5O. The zero-order valence-corrected chi connectivity index (χ0v) is 19.3. The Balaban J connectivity index is 1.49. The molecule has 1 saturated carbocycles. The van der Waals surface area contributed by atoms with Gasteiger partial charge in [0, 0.05) is 36.7 Å². The average molecular weight is 504 g/mol. The van der Waals surface area contributed by atoms with Gasteiger partial charge in [-0.15, -0.1) is 13.2 Å². The highest BCUT2D eigenvalue weighted by atomic mass is 79.9. The number of nitrogens with one attached hydrogen (secondary N) is 2. The predicted molar refractivity (Wildman–Crippen MR) is 119 cm³/mol. The van der Waals surface area contributed by atoms with E-state index in [0.717, 1.165) is 31.5 Å². The number of ether oxygens (including phenoxy) is 1. The van der Waals surface area contributed by atoms with Crippen LogP contribution < -0.4 is 21.1 Å². The second-order valence-corrected chi connectivity index (χ2v) is 9.14. The Kier molecular flexibility index (Phi) is 7.54. The first kappa shape index (κ1) is 23.9. The van der Waals surface area contributed by atoms with Crippen LogP contribution in [0.2, 0.25) is 0 Å². The maximum Gasteiger partial charge on any atom is 0.573 e. The van der Waals surface area contributed by atoms with Crippen molar-refractivity contribution in [3.05, 3.63) is 40.1 Å². The van der Waals surface area contributed by atoms with Crippen LogP contribution in [-0.2, 0) is 6.42 Å². The SMILES string of the molecule is CN(C)C1=CC=NC(N)(C2CCC(NCCc3ccc(Br)cc3OC(F)(F)F)CC2)N1. The van der Waals surface area contributed by atoms with Crippen molar-refractivity contribution in [1.82, 2.24) is 15.5 Å². The topological polar surface area (TPSA) is 74.9 Å². The van der Waals surface area contributed by atoms with Crippen LogP contribution in [0.3, 0.4) is 0 Å². The van der Waals surface area contributed by atoms with Gasteiger partial charge >= 0.3 is 6.36 Å². The van der Waals surface area contributed by atoms with Crippen molar-refractivity contribution in [3.63, 3.8) is 0 Å². The summed E-state index contributed by atoms with van der Waals surface area (Å²) in [7, 11) is 3.91. The van der Waals surface area contributed by atoms with Gasteiger partial charge in [0.1, 0.15) is 11.6 Å². The fourth-order valence-corrected chi connectivity index (χ4v) is 4.42. The zero-order valence-electron chi connectivity index (χ0n) is 17.7. The fraction of sp³-hybridized carbons (Fsp3) is 0.571. The lowest BCUT2D eigenvalue weighted by atomic mass is 9.81. The third-order valence-electron chi connectivity index (χ3n) is 5.76. The Morgan fingerprint density at radius 2 is 2.00 bits per heavy atom. The Hall–Kier alpha value is -1.78. The molecule has 3 rings (SSSR count). The molecule has 1 aliphatic carbocycles. The number of hydrogen-bond donors (Lipinski definition) is 3. The van der Waals surface area contributed by atoms with Crippen LogP contribution in [0.1, 0.15) is 31.2 Å². The van der Waals surface area contributed by atoms with Gasteiger partial charge in [-0.05, 0) is 62.4 Å². The summed E-state index contributed by atoms with van der Waals surface area (Å²) in [5.74, 6) is 0.178. The molecule has 4 N–H and O–H groups in total. The Morgan fingerprint density at radius 3 is 2.65 bits per heavy atom. The number of hydrogen-bond acceptors (Lipinski definition) is 6. The van der Waals surface area contributed by atoms with E-state index in [-0.39, 0.29) is 11.7 Å². The van der Waals surface area contributed by atoms with Gasteiger partial charge < -0.3 is 20.3 Å². The van der Waals surface area contributed by atoms with Crippen molar-refractivity contribution < 1.29 is 17.9 Å². The molecule has 1 aromatic carbocycles. The summed E-state index contributed by atoms with van der Waals surface area (Å²) in [6.45, 7) is 0.572. The van der Waals surface area contributed by atoms with Crippen molar-refractivity contribution in [3.8, 4) is 5.75 Å². The standard InChI is InChI=1S/C21H29BrF3N5O/c1-30(2)19-10-12-28-20(26,29-19)15-4-7-17(8-5-15)27-11-9-14-3-6-16(22)13-18(14)31-21(23,24)25/h3,6,10,12-13,15,17,27,29H,4-5,7-9,11,26H2,1-2H3. The highest BCUT2D eigenvalue weighted by molar-refractivity contribution is 9.10. The van der Waals surface area contributed by atoms with E-state index in [1.807, 2.05) is 25.1 Å². The molecule has 1 aromatic rings. The largest absolute Gasteiger partial charge is 0.573 e. The maximum absolute atomic E-state index is 12.7. The van der Waals surface area contributed by atoms with Crippen LogP contribution in [0.15, 0.2) is 39.6 Å². The van der Waals surface area contributed by atoms with Crippen molar-refractivity contribution in [2.24, 2.45) is 16.6 Å². The van der Waals surface area contributed by atoms with Crippen molar-refractivity contribution in [2.75, 3.05) is 20.6 Å². The van der Waals surface area contributed by atoms with E-state index in [1.54, 1.807) is 18.3 Å².